The van der Waals surface area contributed by atoms with Crippen molar-refractivity contribution in [3.63, 3.8) is 0 Å². The second-order valence-electron chi connectivity index (χ2n) is 18.8. The van der Waals surface area contributed by atoms with Crippen molar-refractivity contribution in [2.24, 2.45) is 5.41 Å². The first kappa shape index (κ1) is 51.6. The molecule has 2 aliphatic heterocycles. The van der Waals surface area contributed by atoms with Gasteiger partial charge in [-0.3, -0.25) is 24.1 Å². The lowest BCUT2D eigenvalue weighted by molar-refractivity contribution is -0.144. The van der Waals surface area contributed by atoms with E-state index >= 15 is 0 Å². The minimum Gasteiger partial charge on any atom is -0.494 e. The van der Waals surface area contributed by atoms with Crippen LogP contribution < -0.4 is 25.2 Å². The number of unbranched alkanes of at least 4 members (excludes halogenated alkanes) is 2. The van der Waals surface area contributed by atoms with Gasteiger partial charge in [0.2, 0.25) is 17.7 Å². The number of benzene rings is 3. The van der Waals surface area contributed by atoms with Crippen molar-refractivity contribution in [2.75, 3.05) is 49.4 Å². The first-order chi connectivity index (χ1) is 32.4. The molecule has 0 saturated carbocycles. The largest absolute Gasteiger partial charge is 0.494 e. The summed E-state index contributed by atoms with van der Waals surface area (Å²) in [5.74, 6) is -0.686. The van der Waals surface area contributed by atoms with E-state index in [4.69, 9.17) is 26.4 Å². The Morgan fingerprint density at radius 3 is 2.29 bits per heavy atom. The predicted molar refractivity (Wildman–Crippen MR) is 266 cm³/mol. The number of likely N-dealkylation sites (tertiary alicyclic amines) is 1. The van der Waals surface area contributed by atoms with Crippen LogP contribution in [0.25, 0.3) is 10.4 Å². The van der Waals surface area contributed by atoms with Gasteiger partial charge in [-0.2, -0.15) is 5.26 Å². The molecule has 4 amide bonds. The highest BCUT2D eigenvalue weighted by atomic mass is 32.1. The Bertz CT molecular complexity index is 2460. The minimum absolute atomic E-state index is 0.00932. The lowest BCUT2D eigenvalue weighted by Crippen LogP contribution is -2.58. The van der Waals surface area contributed by atoms with Crippen molar-refractivity contribution in [3.05, 3.63) is 94.6 Å². The van der Waals surface area contributed by atoms with Crippen LogP contribution in [0.1, 0.15) is 89.1 Å². The summed E-state index contributed by atoms with van der Waals surface area (Å²) in [5, 5.41) is 26.0. The van der Waals surface area contributed by atoms with Crippen LogP contribution >= 0.6 is 23.6 Å². The van der Waals surface area contributed by atoms with Crippen LogP contribution in [0.4, 0.5) is 11.4 Å². The highest BCUT2D eigenvalue weighted by molar-refractivity contribution is 7.81. The van der Waals surface area contributed by atoms with Gasteiger partial charge in [0.25, 0.3) is 5.91 Å². The molecule has 0 bridgehead atoms. The van der Waals surface area contributed by atoms with Gasteiger partial charge in [0.15, 0.2) is 5.11 Å². The number of hydrogen-bond acceptors (Lipinski definition) is 12. The van der Waals surface area contributed by atoms with Crippen molar-refractivity contribution in [2.45, 2.75) is 111 Å². The Kier molecular flexibility index (Phi) is 17.5. The summed E-state index contributed by atoms with van der Waals surface area (Å²) in [5.41, 5.74) is 5.84. The van der Waals surface area contributed by atoms with E-state index in [9.17, 15) is 29.5 Å². The number of nitriles is 1. The van der Waals surface area contributed by atoms with Crippen LogP contribution in [-0.4, -0.2) is 107 Å². The van der Waals surface area contributed by atoms with Crippen molar-refractivity contribution >= 4 is 63.7 Å². The number of hydrogen-bond donors (Lipinski definition) is 3. The summed E-state index contributed by atoms with van der Waals surface area (Å²) in [7, 11) is 0. The number of nitrogens with one attached hydrogen (secondary N) is 2. The van der Waals surface area contributed by atoms with E-state index in [1.165, 1.54) is 9.80 Å². The molecule has 2 saturated heterocycles. The summed E-state index contributed by atoms with van der Waals surface area (Å²) in [4.78, 5) is 64.1. The number of amides is 4. The molecule has 3 atom stereocenters. The zero-order valence-corrected chi connectivity index (χ0v) is 41.6. The molecule has 1 aromatic heterocycles. The maximum Gasteiger partial charge on any atom is 0.259 e. The molecular formula is C51H63N7O8S2. The van der Waals surface area contributed by atoms with Gasteiger partial charge >= 0.3 is 0 Å². The number of aryl methyl sites for hydroxylation is 2. The van der Waals surface area contributed by atoms with Crippen LogP contribution in [-0.2, 0) is 35.2 Å². The number of carbonyl (C=O) groups is 4. The summed E-state index contributed by atoms with van der Waals surface area (Å²) >= 11 is 7.38. The zero-order chi connectivity index (χ0) is 49.2. The molecular weight excluding hydrogens is 903 g/mol. The van der Waals surface area contributed by atoms with Crippen molar-refractivity contribution in [3.8, 4) is 22.3 Å². The van der Waals surface area contributed by atoms with Crippen molar-refractivity contribution in [1.29, 1.82) is 5.26 Å². The van der Waals surface area contributed by atoms with E-state index in [-0.39, 0.29) is 37.9 Å². The third-order valence-electron chi connectivity index (χ3n) is 12.1. The number of rotatable bonds is 21. The monoisotopic (exact) mass is 965 g/mol. The average molecular weight is 966 g/mol. The molecule has 1 unspecified atom stereocenters. The van der Waals surface area contributed by atoms with Gasteiger partial charge < -0.3 is 39.8 Å². The standard InChI is InChI=1S/C51H63N7O8S2/c1-33-26-39(17-16-37(33)28-52)57-48(63)51(6,7)58(49(57)67)38-18-20-41(21-19-38)66-25-10-8-9-22-64-23-11-24-65-31-43(60)55-45(50(3,4)5)47(62)56-30-40(59)27-42(56)46(61)53-29-35-12-14-36(15-13-35)44-34(2)54-32-68-44/h12-21,26,32,40,42,45,59H,8-11,22-25,27,29-31H2,1-7H3,(H,53,61)(H,55,60)/t40-,42+,45?/m1/s1. The second-order valence-corrected chi connectivity index (χ2v) is 20.0. The number of β-amino-alcohol motifs (C(OH)–C–C–N with tert-alkyl or cyclic N) is 1. The fourth-order valence-electron chi connectivity index (χ4n) is 8.25. The molecule has 15 nitrogen and oxygen atoms in total. The number of aliphatic hydroxyl groups is 1. The zero-order valence-electron chi connectivity index (χ0n) is 40.0. The van der Waals surface area contributed by atoms with E-state index < -0.39 is 41.0 Å². The van der Waals surface area contributed by atoms with Gasteiger partial charge in [-0.25, -0.2) is 4.98 Å². The fourth-order valence-corrected chi connectivity index (χ4v) is 9.58. The summed E-state index contributed by atoms with van der Waals surface area (Å²) in [6.45, 7) is 14.9. The minimum atomic E-state index is -0.949. The van der Waals surface area contributed by atoms with Crippen LogP contribution in [0.5, 0.6) is 5.75 Å². The number of carbonyl (C=O) groups excluding carboxylic acids is 4. The maximum absolute atomic E-state index is 13.9. The van der Waals surface area contributed by atoms with E-state index in [1.54, 1.807) is 29.5 Å². The fraction of sp³-hybridized carbons (Fsp3) is 0.471. The van der Waals surface area contributed by atoms with Gasteiger partial charge in [-0.05, 0) is 130 Å². The molecule has 3 heterocycles. The molecule has 68 heavy (non-hydrogen) atoms. The third-order valence-corrected chi connectivity index (χ3v) is 13.4. The van der Waals surface area contributed by atoms with Gasteiger partial charge in [0, 0.05) is 45.0 Å². The number of ether oxygens (including phenoxy) is 3. The van der Waals surface area contributed by atoms with Gasteiger partial charge in [0.1, 0.15) is 30.0 Å². The number of aromatic nitrogens is 1. The summed E-state index contributed by atoms with van der Waals surface area (Å²) in [6.07, 6.45) is 2.44. The Hall–Kier alpha value is -5.77. The molecule has 0 spiro atoms. The van der Waals surface area contributed by atoms with E-state index in [2.05, 4.69) is 21.7 Å². The first-order valence-electron chi connectivity index (χ1n) is 23.0. The quantitative estimate of drug-likeness (QED) is 0.0575. The summed E-state index contributed by atoms with van der Waals surface area (Å²) < 4.78 is 17.4. The Morgan fingerprint density at radius 1 is 0.956 bits per heavy atom. The Morgan fingerprint density at radius 2 is 1.63 bits per heavy atom. The van der Waals surface area contributed by atoms with Crippen molar-refractivity contribution < 1.29 is 38.5 Å². The maximum atomic E-state index is 13.9. The number of thiocarbonyl (C=S) groups is 1. The highest BCUT2D eigenvalue weighted by Crippen LogP contribution is 2.37. The first-order valence-corrected chi connectivity index (χ1v) is 24.3. The van der Waals surface area contributed by atoms with Crippen LogP contribution in [0, 0.1) is 30.6 Å². The molecule has 0 aliphatic carbocycles. The molecule has 362 valence electrons. The van der Waals surface area contributed by atoms with Crippen LogP contribution in [0.3, 0.4) is 0 Å². The molecule has 2 aliphatic rings. The molecule has 2 fully saturated rings. The molecule has 0 radical (unpaired) electrons. The molecule has 3 aromatic carbocycles. The Labute approximate surface area is 408 Å². The van der Waals surface area contributed by atoms with Gasteiger partial charge in [0.05, 0.1) is 46.1 Å². The number of thiazole rings is 1. The molecule has 17 heteroatoms. The average Bonchev–Trinajstić information content (AvgIpc) is 3.97. The SMILES string of the molecule is Cc1cc(N2C(=O)C(C)(C)N(c3ccc(OCCCCCOCCCOCC(=O)NC(C(=O)N4C[C@H](O)C[C@H]4C(=O)NCc4ccc(-c5scnc5C)cc4)C(C)(C)C)cc3)C2=S)ccc1C#N. The van der Waals surface area contributed by atoms with Crippen LogP contribution in [0.2, 0.25) is 0 Å². The lowest BCUT2D eigenvalue weighted by Gasteiger charge is -2.35. The number of nitrogens with zero attached hydrogens (tertiary/aromatic N) is 5. The van der Waals surface area contributed by atoms with Crippen molar-refractivity contribution in [1.82, 2.24) is 20.5 Å². The second kappa shape index (κ2) is 23.0. The normalized spacial score (nSPS) is 17.3. The Balaban J connectivity index is 0.841. The molecule has 4 aromatic rings. The van der Waals surface area contributed by atoms with E-state index in [0.717, 1.165) is 52.2 Å². The third kappa shape index (κ3) is 12.7. The van der Waals surface area contributed by atoms with Gasteiger partial charge in [-0.15, -0.1) is 11.3 Å². The lowest BCUT2D eigenvalue weighted by atomic mass is 9.85. The highest BCUT2D eigenvalue weighted by Gasteiger charge is 2.50. The van der Waals surface area contributed by atoms with E-state index in [1.807, 2.05) is 107 Å². The predicted octanol–water partition coefficient (Wildman–Crippen LogP) is 7.00. The molecule has 6 rings (SSSR count). The topological polar surface area (TPSA) is 187 Å². The van der Waals surface area contributed by atoms with Crippen LogP contribution in [0.15, 0.2) is 72.2 Å². The van der Waals surface area contributed by atoms with E-state index in [0.29, 0.717) is 55.0 Å². The smallest absolute Gasteiger partial charge is 0.259 e. The number of anilines is 2. The van der Waals surface area contributed by atoms with Gasteiger partial charge in [-0.1, -0.05) is 45.0 Å². The number of aliphatic hydroxyl groups excluding tert-OH is 1. The summed E-state index contributed by atoms with van der Waals surface area (Å²) in [6, 6.07) is 21.0. The molecule has 3 N–H and O–H groups in total.